The highest BCUT2D eigenvalue weighted by atomic mass is 35.5. The summed E-state index contributed by atoms with van der Waals surface area (Å²) < 4.78 is 0. The van der Waals surface area contributed by atoms with E-state index in [9.17, 15) is 4.79 Å². The van der Waals surface area contributed by atoms with E-state index in [0.29, 0.717) is 18.4 Å². The number of amides is 1. The summed E-state index contributed by atoms with van der Waals surface area (Å²) in [7, 11) is 0. The van der Waals surface area contributed by atoms with E-state index in [0.717, 1.165) is 12.0 Å². The average Bonchev–Trinajstić information content (AvgIpc) is 3.41. The molecule has 25 heavy (non-hydrogen) atoms. The Labute approximate surface area is 156 Å². The number of carbonyl (C=O) groups is 1. The predicted molar refractivity (Wildman–Crippen MR) is 105 cm³/mol. The van der Waals surface area contributed by atoms with Gasteiger partial charge in [-0.3, -0.25) is 4.79 Å². The quantitative estimate of drug-likeness (QED) is 0.814. The maximum Gasteiger partial charge on any atom is 0.223 e. The molecule has 3 nitrogen and oxygen atoms in total. The number of benzene rings is 2. The first-order chi connectivity index (χ1) is 11.6. The molecule has 4 heteroatoms. The van der Waals surface area contributed by atoms with Gasteiger partial charge in [0.25, 0.3) is 0 Å². The summed E-state index contributed by atoms with van der Waals surface area (Å²) in [6, 6.07) is 18.4. The Morgan fingerprint density at radius 3 is 2.32 bits per heavy atom. The maximum atomic E-state index is 12.3. The second kappa shape index (κ2) is 8.50. The number of nitrogens with two attached hydrogens (primary N) is 1. The van der Waals surface area contributed by atoms with Crippen LogP contribution < -0.4 is 11.1 Å². The van der Waals surface area contributed by atoms with Gasteiger partial charge in [0.15, 0.2) is 0 Å². The van der Waals surface area contributed by atoms with Crippen LogP contribution in [-0.4, -0.2) is 12.5 Å². The first kappa shape index (κ1) is 19.5. The van der Waals surface area contributed by atoms with Crippen molar-refractivity contribution in [2.45, 2.75) is 38.1 Å². The van der Waals surface area contributed by atoms with Crippen molar-refractivity contribution < 1.29 is 4.79 Å². The molecule has 0 aliphatic heterocycles. The summed E-state index contributed by atoms with van der Waals surface area (Å²) in [6.07, 6.45) is 0.938. The third-order valence-electron chi connectivity index (χ3n) is 4.88. The molecule has 0 heterocycles. The molecule has 0 bridgehead atoms. The van der Waals surface area contributed by atoms with Gasteiger partial charge in [-0.2, -0.15) is 0 Å². The summed E-state index contributed by atoms with van der Waals surface area (Å²) in [5.41, 5.74) is 9.80. The molecule has 0 spiro atoms. The Balaban J connectivity index is 0.00000225. The van der Waals surface area contributed by atoms with Gasteiger partial charge < -0.3 is 11.1 Å². The first-order valence-corrected chi connectivity index (χ1v) is 8.74. The van der Waals surface area contributed by atoms with Crippen molar-refractivity contribution in [1.82, 2.24) is 5.32 Å². The smallest absolute Gasteiger partial charge is 0.223 e. The van der Waals surface area contributed by atoms with Gasteiger partial charge in [0.2, 0.25) is 5.91 Å². The zero-order valence-electron chi connectivity index (χ0n) is 14.8. The molecule has 3 unspecified atom stereocenters. The third kappa shape index (κ3) is 4.83. The van der Waals surface area contributed by atoms with E-state index in [2.05, 4.69) is 43.4 Å². The normalized spacial score (nSPS) is 19.8. The summed E-state index contributed by atoms with van der Waals surface area (Å²) in [6.45, 7) is 4.87. The molecule has 0 saturated heterocycles. The lowest BCUT2D eigenvalue weighted by Gasteiger charge is -2.13. The molecule has 2 aromatic rings. The van der Waals surface area contributed by atoms with Gasteiger partial charge in [-0.25, -0.2) is 0 Å². The molecular formula is C21H27ClN2O. The molecule has 1 saturated carbocycles. The van der Waals surface area contributed by atoms with Gasteiger partial charge in [0, 0.05) is 18.5 Å². The van der Waals surface area contributed by atoms with Gasteiger partial charge in [-0.1, -0.05) is 68.4 Å². The zero-order valence-corrected chi connectivity index (χ0v) is 15.6. The van der Waals surface area contributed by atoms with Gasteiger partial charge >= 0.3 is 0 Å². The Morgan fingerprint density at radius 2 is 1.72 bits per heavy atom. The molecule has 1 amide bonds. The molecule has 1 fully saturated rings. The Kier molecular flexibility index (Phi) is 6.63. The lowest BCUT2D eigenvalue weighted by atomic mass is 10.00. The Hall–Kier alpha value is -1.84. The second-order valence-electron chi connectivity index (χ2n) is 7.03. The van der Waals surface area contributed by atoms with Crippen LogP contribution in [0.2, 0.25) is 0 Å². The van der Waals surface area contributed by atoms with Crippen molar-refractivity contribution >= 4 is 18.3 Å². The number of hydrogen-bond donors (Lipinski definition) is 2. The van der Waals surface area contributed by atoms with Gasteiger partial charge in [0.1, 0.15) is 0 Å². The molecule has 1 aliphatic rings. The van der Waals surface area contributed by atoms with Crippen molar-refractivity contribution in [1.29, 1.82) is 0 Å². The van der Waals surface area contributed by atoms with Crippen LogP contribution in [0.5, 0.6) is 0 Å². The Morgan fingerprint density at radius 1 is 1.08 bits per heavy atom. The van der Waals surface area contributed by atoms with Crippen molar-refractivity contribution in [3.8, 4) is 0 Å². The number of rotatable bonds is 6. The van der Waals surface area contributed by atoms with Crippen molar-refractivity contribution in [2.75, 3.05) is 6.54 Å². The lowest BCUT2D eigenvalue weighted by molar-refractivity contribution is -0.122. The minimum absolute atomic E-state index is 0. The molecular weight excluding hydrogens is 332 g/mol. The minimum Gasteiger partial charge on any atom is -0.354 e. The van der Waals surface area contributed by atoms with Crippen LogP contribution in [0.25, 0.3) is 0 Å². The van der Waals surface area contributed by atoms with E-state index < -0.39 is 0 Å². The van der Waals surface area contributed by atoms with Crippen LogP contribution in [0.1, 0.15) is 54.8 Å². The van der Waals surface area contributed by atoms with Gasteiger partial charge in [-0.05, 0) is 34.9 Å². The number of halogens is 1. The predicted octanol–water partition coefficient (Wildman–Crippen LogP) is 4.15. The fraction of sp³-hybridized carbons (Fsp3) is 0.381. The molecule has 0 radical (unpaired) electrons. The van der Waals surface area contributed by atoms with E-state index >= 15 is 0 Å². The molecule has 2 aromatic carbocycles. The average molecular weight is 359 g/mol. The summed E-state index contributed by atoms with van der Waals surface area (Å²) >= 11 is 0. The van der Waals surface area contributed by atoms with Crippen LogP contribution >= 0.6 is 12.4 Å². The summed E-state index contributed by atoms with van der Waals surface area (Å²) in [4.78, 5) is 12.3. The van der Waals surface area contributed by atoms with Crippen molar-refractivity contribution in [3.05, 3.63) is 71.3 Å². The summed E-state index contributed by atoms with van der Waals surface area (Å²) in [5, 5.41) is 3.01. The topological polar surface area (TPSA) is 55.1 Å². The van der Waals surface area contributed by atoms with Gasteiger partial charge in [0.05, 0.1) is 0 Å². The second-order valence-corrected chi connectivity index (χ2v) is 7.03. The van der Waals surface area contributed by atoms with Crippen molar-refractivity contribution in [3.63, 3.8) is 0 Å². The molecule has 134 valence electrons. The van der Waals surface area contributed by atoms with E-state index in [4.69, 9.17) is 5.73 Å². The summed E-state index contributed by atoms with van der Waals surface area (Å²) in [5.74, 6) is 1.12. The highest BCUT2D eigenvalue weighted by Crippen LogP contribution is 2.47. The van der Waals surface area contributed by atoms with E-state index in [1.165, 1.54) is 11.1 Å². The fourth-order valence-electron chi connectivity index (χ4n) is 3.14. The highest BCUT2D eigenvalue weighted by molar-refractivity contribution is 5.85. The third-order valence-corrected chi connectivity index (χ3v) is 4.88. The SMILES string of the molecule is CC(C)c1ccc(C2CC2C(=O)NCC(N)c2ccccc2)cc1.Cl. The fourth-order valence-corrected chi connectivity index (χ4v) is 3.14. The molecule has 3 rings (SSSR count). The van der Waals surface area contributed by atoms with E-state index in [-0.39, 0.29) is 30.3 Å². The number of hydrogen-bond acceptors (Lipinski definition) is 2. The number of nitrogens with one attached hydrogen (secondary N) is 1. The van der Waals surface area contributed by atoms with E-state index in [1.807, 2.05) is 30.3 Å². The van der Waals surface area contributed by atoms with Crippen molar-refractivity contribution in [2.24, 2.45) is 11.7 Å². The van der Waals surface area contributed by atoms with E-state index in [1.54, 1.807) is 0 Å². The highest BCUT2D eigenvalue weighted by Gasteiger charge is 2.43. The molecule has 3 atom stereocenters. The monoisotopic (exact) mass is 358 g/mol. The van der Waals surface area contributed by atoms with Crippen LogP contribution in [-0.2, 0) is 4.79 Å². The van der Waals surface area contributed by atoms with Gasteiger partial charge in [-0.15, -0.1) is 12.4 Å². The molecule has 3 N–H and O–H groups in total. The van der Waals surface area contributed by atoms with Crippen LogP contribution in [0.3, 0.4) is 0 Å². The largest absolute Gasteiger partial charge is 0.354 e. The number of carbonyl (C=O) groups excluding carboxylic acids is 1. The minimum atomic E-state index is -0.155. The maximum absolute atomic E-state index is 12.3. The zero-order chi connectivity index (χ0) is 17.1. The van der Waals surface area contributed by atoms with Crippen LogP contribution in [0.4, 0.5) is 0 Å². The lowest BCUT2D eigenvalue weighted by Crippen LogP contribution is -2.33. The first-order valence-electron chi connectivity index (χ1n) is 8.74. The Bertz CT molecular complexity index is 685. The standard InChI is InChI=1S/C21H26N2O.ClH/c1-14(2)15-8-10-16(11-9-15)18-12-19(18)21(24)23-13-20(22)17-6-4-3-5-7-17;/h3-11,14,18-20H,12-13,22H2,1-2H3,(H,23,24);1H. The van der Waals surface area contributed by atoms with Crippen LogP contribution in [0.15, 0.2) is 54.6 Å². The molecule has 0 aromatic heterocycles. The molecule has 1 aliphatic carbocycles. The van der Waals surface area contributed by atoms with Crippen LogP contribution in [0, 0.1) is 5.92 Å².